The summed E-state index contributed by atoms with van der Waals surface area (Å²) in [5, 5.41) is 3.91. The van der Waals surface area contributed by atoms with Crippen molar-refractivity contribution in [3.63, 3.8) is 0 Å². The van der Waals surface area contributed by atoms with E-state index in [0.29, 0.717) is 22.4 Å². The van der Waals surface area contributed by atoms with Gasteiger partial charge in [0.1, 0.15) is 5.75 Å². The highest BCUT2D eigenvalue weighted by Gasteiger charge is 2.13. The molecule has 0 aliphatic carbocycles. The molecule has 8 heteroatoms. The molecule has 1 aromatic carbocycles. The third-order valence-corrected chi connectivity index (χ3v) is 5.27. The highest BCUT2D eigenvalue weighted by atomic mass is 35.5. The third-order valence-electron chi connectivity index (χ3n) is 2.71. The summed E-state index contributed by atoms with van der Waals surface area (Å²) >= 11 is 7.18. The van der Waals surface area contributed by atoms with Gasteiger partial charge in [-0.1, -0.05) is 11.6 Å². The zero-order chi connectivity index (χ0) is 16.2. The highest BCUT2D eigenvalue weighted by molar-refractivity contribution is 7.89. The van der Waals surface area contributed by atoms with Gasteiger partial charge in [-0.2, -0.15) is 18.4 Å². The van der Waals surface area contributed by atoms with Crippen LogP contribution in [0, 0.1) is 0 Å². The van der Waals surface area contributed by atoms with Crippen molar-refractivity contribution in [2.75, 3.05) is 6.61 Å². The number of hydrogen-bond acceptors (Lipinski definition) is 5. The average molecular weight is 359 g/mol. The zero-order valence-corrected chi connectivity index (χ0v) is 14.4. The van der Waals surface area contributed by atoms with E-state index in [0.717, 1.165) is 4.88 Å². The van der Waals surface area contributed by atoms with Crippen molar-refractivity contribution < 1.29 is 13.2 Å². The minimum atomic E-state index is -3.71. The first kappa shape index (κ1) is 16.8. The van der Waals surface area contributed by atoms with E-state index in [4.69, 9.17) is 16.3 Å². The first-order valence-corrected chi connectivity index (χ1v) is 9.15. The molecule has 0 saturated heterocycles. The van der Waals surface area contributed by atoms with Crippen LogP contribution in [-0.2, 0) is 10.0 Å². The monoisotopic (exact) mass is 358 g/mol. The van der Waals surface area contributed by atoms with E-state index in [1.165, 1.54) is 23.5 Å². The molecule has 0 spiro atoms. The average Bonchev–Trinajstić information content (AvgIpc) is 2.92. The quantitative estimate of drug-likeness (QED) is 0.634. The van der Waals surface area contributed by atoms with Gasteiger partial charge in [0.15, 0.2) is 0 Å². The molecule has 0 saturated carbocycles. The van der Waals surface area contributed by atoms with Crippen molar-refractivity contribution in [1.29, 1.82) is 0 Å². The van der Waals surface area contributed by atoms with Crippen molar-refractivity contribution in [2.24, 2.45) is 5.10 Å². The van der Waals surface area contributed by atoms with Gasteiger partial charge < -0.3 is 4.74 Å². The molecule has 5 nitrogen and oxygen atoms in total. The van der Waals surface area contributed by atoms with Crippen molar-refractivity contribution in [2.45, 2.75) is 18.7 Å². The topological polar surface area (TPSA) is 67.8 Å². The summed E-state index contributed by atoms with van der Waals surface area (Å²) < 4.78 is 30.2. The SMILES string of the molecule is CCOc1ccc(S(=O)(=O)N/N=C(/C)c2ccc(Cl)s2)cc1. The molecule has 22 heavy (non-hydrogen) atoms. The van der Waals surface area contributed by atoms with Crippen LogP contribution < -0.4 is 9.57 Å². The van der Waals surface area contributed by atoms with Crippen LogP contribution in [0.15, 0.2) is 46.4 Å². The van der Waals surface area contributed by atoms with Crippen molar-refractivity contribution in [1.82, 2.24) is 4.83 Å². The van der Waals surface area contributed by atoms with E-state index in [9.17, 15) is 8.42 Å². The van der Waals surface area contributed by atoms with Gasteiger partial charge in [-0.3, -0.25) is 0 Å². The minimum Gasteiger partial charge on any atom is -0.494 e. The molecule has 0 amide bonds. The number of hydrazone groups is 1. The normalized spacial score (nSPS) is 12.2. The maximum absolute atomic E-state index is 12.2. The molecule has 0 radical (unpaired) electrons. The summed E-state index contributed by atoms with van der Waals surface area (Å²) in [6.07, 6.45) is 0. The van der Waals surface area contributed by atoms with Gasteiger partial charge in [0.05, 0.1) is 26.4 Å². The zero-order valence-electron chi connectivity index (χ0n) is 12.0. The summed E-state index contributed by atoms with van der Waals surface area (Å²) in [6, 6.07) is 9.68. The maximum atomic E-state index is 12.2. The molecule has 1 N–H and O–H groups in total. The second kappa shape index (κ2) is 7.13. The lowest BCUT2D eigenvalue weighted by Gasteiger charge is -2.06. The highest BCUT2D eigenvalue weighted by Crippen LogP contribution is 2.22. The van der Waals surface area contributed by atoms with E-state index in [1.807, 2.05) is 6.92 Å². The Morgan fingerprint density at radius 3 is 2.50 bits per heavy atom. The molecule has 0 aliphatic rings. The van der Waals surface area contributed by atoms with E-state index in [2.05, 4.69) is 9.93 Å². The maximum Gasteiger partial charge on any atom is 0.276 e. The fourth-order valence-corrected chi connectivity index (χ4v) is 3.47. The lowest BCUT2D eigenvalue weighted by atomic mass is 10.3. The smallest absolute Gasteiger partial charge is 0.276 e. The van der Waals surface area contributed by atoms with Crippen LogP contribution in [0.2, 0.25) is 4.34 Å². The second-order valence-corrected chi connectivity index (χ2v) is 7.68. The summed E-state index contributed by atoms with van der Waals surface area (Å²) in [4.78, 5) is 3.14. The largest absolute Gasteiger partial charge is 0.494 e. The molecule has 1 aromatic heterocycles. The number of nitrogens with one attached hydrogen (secondary N) is 1. The molecule has 0 atom stereocenters. The summed E-state index contributed by atoms with van der Waals surface area (Å²) in [5.74, 6) is 0.620. The standard InChI is InChI=1S/C14H15ClN2O3S2/c1-3-20-11-4-6-12(7-5-11)22(18,19)17-16-10(2)13-8-9-14(15)21-13/h4-9,17H,3H2,1-2H3/b16-10-. The molecule has 118 valence electrons. The van der Waals surface area contributed by atoms with Crippen LogP contribution in [0.1, 0.15) is 18.7 Å². The minimum absolute atomic E-state index is 0.122. The lowest BCUT2D eigenvalue weighted by Crippen LogP contribution is -2.19. The number of ether oxygens (including phenoxy) is 1. The Hall–Kier alpha value is -1.57. The van der Waals surface area contributed by atoms with Crippen LogP contribution >= 0.6 is 22.9 Å². The number of thiophene rings is 1. The number of nitrogens with zero attached hydrogens (tertiary/aromatic N) is 1. The molecule has 0 aliphatic heterocycles. The Morgan fingerprint density at radius 2 is 1.95 bits per heavy atom. The van der Waals surface area contributed by atoms with E-state index < -0.39 is 10.0 Å². The molecule has 2 aromatic rings. The fraction of sp³-hybridized carbons (Fsp3) is 0.214. The number of sulfonamides is 1. The Labute approximate surface area is 138 Å². The second-order valence-electron chi connectivity index (χ2n) is 4.30. The van der Waals surface area contributed by atoms with Gasteiger partial charge in [-0.15, -0.1) is 11.3 Å². The fourth-order valence-electron chi connectivity index (χ4n) is 1.63. The van der Waals surface area contributed by atoms with Crippen LogP contribution in [0.25, 0.3) is 0 Å². The van der Waals surface area contributed by atoms with Crippen LogP contribution in [0.3, 0.4) is 0 Å². The van der Waals surface area contributed by atoms with Crippen molar-refractivity contribution in [3.05, 3.63) is 45.6 Å². The van der Waals surface area contributed by atoms with Crippen LogP contribution in [0.4, 0.5) is 0 Å². The van der Waals surface area contributed by atoms with Gasteiger partial charge >= 0.3 is 0 Å². The molecular weight excluding hydrogens is 344 g/mol. The first-order valence-electron chi connectivity index (χ1n) is 6.47. The first-order chi connectivity index (χ1) is 10.4. The summed E-state index contributed by atoms with van der Waals surface area (Å²) in [5.41, 5.74) is 0.548. The van der Waals surface area contributed by atoms with E-state index in [1.54, 1.807) is 31.2 Å². The molecule has 0 fully saturated rings. The van der Waals surface area contributed by atoms with E-state index >= 15 is 0 Å². The van der Waals surface area contributed by atoms with Gasteiger partial charge in [-0.05, 0) is 50.2 Å². The number of rotatable bonds is 6. The summed E-state index contributed by atoms with van der Waals surface area (Å²) in [7, 11) is -3.71. The molecule has 2 rings (SSSR count). The molecule has 0 bridgehead atoms. The predicted molar refractivity (Wildman–Crippen MR) is 89.5 cm³/mol. The van der Waals surface area contributed by atoms with E-state index in [-0.39, 0.29) is 4.90 Å². The number of hydrogen-bond donors (Lipinski definition) is 1. The van der Waals surface area contributed by atoms with Gasteiger partial charge in [0.2, 0.25) is 0 Å². The Bertz CT molecular complexity index is 768. The Kier molecular flexibility index (Phi) is 5.44. The molecular formula is C14H15ClN2O3S2. The van der Waals surface area contributed by atoms with Crippen LogP contribution in [0.5, 0.6) is 5.75 Å². The van der Waals surface area contributed by atoms with Gasteiger partial charge in [0, 0.05) is 0 Å². The Morgan fingerprint density at radius 1 is 1.27 bits per heavy atom. The van der Waals surface area contributed by atoms with Gasteiger partial charge in [-0.25, -0.2) is 0 Å². The Balaban J connectivity index is 2.13. The summed E-state index contributed by atoms with van der Waals surface area (Å²) in [6.45, 7) is 4.10. The van der Waals surface area contributed by atoms with Gasteiger partial charge in [0.25, 0.3) is 10.0 Å². The van der Waals surface area contributed by atoms with Crippen molar-refractivity contribution in [3.8, 4) is 5.75 Å². The molecule has 0 unspecified atom stereocenters. The molecule has 1 heterocycles. The third kappa shape index (κ3) is 4.22. The number of halogens is 1. The lowest BCUT2D eigenvalue weighted by molar-refractivity contribution is 0.340. The van der Waals surface area contributed by atoms with Crippen LogP contribution in [-0.4, -0.2) is 20.7 Å². The van der Waals surface area contributed by atoms with Crippen molar-refractivity contribution >= 4 is 38.7 Å². The predicted octanol–water partition coefficient (Wildman–Crippen LogP) is 3.50. The number of benzene rings is 1.